The zero-order valence-corrected chi connectivity index (χ0v) is 14.2. The van der Waals surface area contributed by atoms with Crippen molar-refractivity contribution in [1.29, 1.82) is 0 Å². The van der Waals surface area contributed by atoms with Crippen LogP contribution in [0, 0.1) is 5.92 Å². The molecule has 0 fully saturated rings. The Balaban J connectivity index is 4.97. The molecular weight excluding hydrogens is 234 g/mol. The van der Waals surface area contributed by atoms with Gasteiger partial charge in [0.25, 0.3) is 0 Å². The van der Waals surface area contributed by atoms with Gasteiger partial charge >= 0.3 is 0 Å². The molecule has 0 bridgehead atoms. The molecule has 0 saturated carbocycles. The van der Waals surface area contributed by atoms with E-state index in [0.717, 1.165) is 0 Å². The summed E-state index contributed by atoms with van der Waals surface area (Å²) in [5.41, 5.74) is 0.465. The molecule has 2 atom stereocenters. The smallest absolute Gasteiger partial charge is 0.137 e. The normalized spacial score (nSPS) is 18.0. The molecule has 2 nitrogen and oxygen atoms in total. The van der Waals surface area contributed by atoms with Crippen LogP contribution >= 0.6 is 0 Å². The summed E-state index contributed by atoms with van der Waals surface area (Å²) in [5.74, 6) is 0.558. The molecule has 0 N–H and O–H groups in total. The first-order valence-electron chi connectivity index (χ1n) is 6.04. The fourth-order valence-electron chi connectivity index (χ4n) is 2.50. The van der Waals surface area contributed by atoms with Gasteiger partial charge in [-0.25, -0.2) is 0 Å². The van der Waals surface area contributed by atoms with Crippen molar-refractivity contribution in [2.75, 3.05) is 7.05 Å². The largest absolute Gasteiger partial charge is 0.598 e. The van der Waals surface area contributed by atoms with E-state index in [1.807, 2.05) is 27.8 Å². The van der Waals surface area contributed by atoms with Crippen molar-refractivity contribution in [2.24, 2.45) is 5.92 Å². The molecule has 0 saturated heterocycles. The quantitative estimate of drug-likeness (QED) is 0.575. The minimum absolute atomic E-state index is 0.165. The summed E-state index contributed by atoms with van der Waals surface area (Å²) in [6.45, 7) is 17.7. The summed E-state index contributed by atoms with van der Waals surface area (Å²) in [4.78, 5) is 0. The van der Waals surface area contributed by atoms with Crippen LogP contribution < -0.4 is 0 Å². The van der Waals surface area contributed by atoms with Crippen molar-refractivity contribution in [2.45, 2.75) is 64.7 Å². The molecule has 0 radical (unpaired) electrons. The molecule has 1 unspecified atom stereocenters. The van der Waals surface area contributed by atoms with E-state index in [4.69, 9.17) is 0 Å². The number of rotatable bonds is 4. The zero-order valence-electron chi connectivity index (χ0n) is 12.4. The first-order chi connectivity index (χ1) is 6.89. The first kappa shape index (κ1) is 16.5. The van der Waals surface area contributed by atoms with Gasteiger partial charge in [0.1, 0.15) is 4.75 Å². The fourth-order valence-corrected chi connectivity index (χ4v) is 8.14. The highest BCUT2D eigenvalue weighted by Gasteiger charge is 2.42. The highest BCUT2D eigenvalue weighted by Crippen LogP contribution is 2.28. The van der Waals surface area contributed by atoms with Crippen LogP contribution in [0.5, 0.6) is 0 Å². The highest BCUT2D eigenvalue weighted by molar-refractivity contribution is 7.90. The van der Waals surface area contributed by atoms with E-state index < -0.39 is 19.4 Å². The Morgan fingerprint density at radius 3 is 1.69 bits per heavy atom. The molecule has 0 spiro atoms. The van der Waals surface area contributed by atoms with Crippen LogP contribution in [0.15, 0.2) is 0 Å². The van der Waals surface area contributed by atoms with Gasteiger partial charge in [-0.3, -0.25) is 0 Å². The van der Waals surface area contributed by atoms with Crippen molar-refractivity contribution < 1.29 is 4.55 Å². The standard InChI is InChI=1S/C12H29NOSSi/c1-10(2)11(16(7,8)9)13(6)15(14)12(3,4)5/h10-11H,1-9H3/t11-,15?/m1/s1. The second-order valence-electron chi connectivity index (χ2n) is 6.96. The van der Waals surface area contributed by atoms with Gasteiger partial charge < -0.3 is 4.55 Å². The lowest BCUT2D eigenvalue weighted by atomic mass is 10.2. The Bertz CT molecular complexity index is 220. The lowest BCUT2D eigenvalue weighted by molar-refractivity contribution is 0.355. The predicted molar refractivity (Wildman–Crippen MR) is 77.6 cm³/mol. The Hall–Kier alpha value is 0.487. The van der Waals surface area contributed by atoms with Crippen LogP contribution in [0.1, 0.15) is 34.6 Å². The second-order valence-corrected chi connectivity index (χ2v) is 14.6. The average Bonchev–Trinajstić information content (AvgIpc) is 1.97. The first-order valence-corrected chi connectivity index (χ1v) is 10.7. The summed E-state index contributed by atoms with van der Waals surface area (Å²) in [6, 6.07) is 0. The second kappa shape index (κ2) is 5.42. The SMILES string of the molecule is CC(C)[C@H](N(C)[S+]([O-])C(C)(C)C)[Si](C)(C)C. The summed E-state index contributed by atoms with van der Waals surface area (Å²) >= 11 is -0.911. The molecule has 0 aromatic rings. The lowest BCUT2D eigenvalue weighted by Crippen LogP contribution is -2.57. The van der Waals surface area contributed by atoms with E-state index in [9.17, 15) is 4.55 Å². The van der Waals surface area contributed by atoms with Gasteiger partial charge in [0, 0.05) is 24.1 Å². The summed E-state index contributed by atoms with van der Waals surface area (Å²) in [7, 11) is 0.697. The summed E-state index contributed by atoms with van der Waals surface area (Å²) < 4.78 is 14.4. The maximum atomic E-state index is 12.4. The minimum Gasteiger partial charge on any atom is -0.598 e. The van der Waals surface area contributed by atoms with E-state index >= 15 is 0 Å². The van der Waals surface area contributed by atoms with Crippen LogP contribution in [0.4, 0.5) is 0 Å². The maximum absolute atomic E-state index is 12.4. The molecule has 0 aromatic heterocycles. The van der Waals surface area contributed by atoms with Gasteiger partial charge in [-0.1, -0.05) is 33.5 Å². The molecule has 98 valence electrons. The third-order valence-electron chi connectivity index (χ3n) is 2.70. The molecule has 0 amide bonds. The maximum Gasteiger partial charge on any atom is 0.137 e. The Labute approximate surface area is 106 Å². The molecule has 0 aliphatic carbocycles. The lowest BCUT2D eigenvalue weighted by Gasteiger charge is -2.42. The van der Waals surface area contributed by atoms with E-state index in [1.165, 1.54) is 0 Å². The van der Waals surface area contributed by atoms with Gasteiger partial charge in [-0.2, -0.15) is 0 Å². The Kier molecular flexibility index (Phi) is 5.59. The van der Waals surface area contributed by atoms with Crippen molar-refractivity contribution in [3.05, 3.63) is 0 Å². The number of hydrogen-bond donors (Lipinski definition) is 0. The molecule has 0 heterocycles. The van der Waals surface area contributed by atoms with Gasteiger partial charge in [0.15, 0.2) is 0 Å². The summed E-state index contributed by atoms with van der Waals surface area (Å²) in [6.07, 6.45) is 0. The fraction of sp³-hybridized carbons (Fsp3) is 1.00. The summed E-state index contributed by atoms with van der Waals surface area (Å²) in [5, 5.41) is 0. The molecular formula is C12H29NOSSi. The molecule has 0 rings (SSSR count). The minimum atomic E-state index is -1.32. The van der Waals surface area contributed by atoms with Crippen molar-refractivity contribution >= 4 is 19.4 Å². The third-order valence-corrected chi connectivity index (χ3v) is 7.51. The van der Waals surface area contributed by atoms with Crippen LogP contribution in [0.2, 0.25) is 19.6 Å². The van der Waals surface area contributed by atoms with Crippen LogP contribution in [0.3, 0.4) is 0 Å². The molecule has 4 heteroatoms. The molecule has 0 aliphatic rings. The van der Waals surface area contributed by atoms with E-state index in [1.54, 1.807) is 0 Å². The van der Waals surface area contributed by atoms with Gasteiger partial charge in [0.05, 0.1) is 8.07 Å². The zero-order chi connectivity index (χ0) is 13.3. The van der Waals surface area contributed by atoms with Gasteiger partial charge in [0.2, 0.25) is 0 Å². The molecule has 16 heavy (non-hydrogen) atoms. The van der Waals surface area contributed by atoms with Crippen molar-refractivity contribution in [1.82, 2.24) is 4.31 Å². The van der Waals surface area contributed by atoms with E-state index in [0.29, 0.717) is 11.6 Å². The van der Waals surface area contributed by atoms with Gasteiger partial charge in [-0.05, 0) is 26.7 Å². The average molecular weight is 264 g/mol. The Morgan fingerprint density at radius 2 is 1.50 bits per heavy atom. The molecule has 0 aromatic carbocycles. The Morgan fingerprint density at radius 1 is 1.12 bits per heavy atom. The van der Waals surface area contributed by atoms with E-state index in [2.05, 4.69) is 37.8 Å². The van der Waals surface area contributed by atoms with Crippen molar-refractivity contribution in [3.63, 3.8) is 0 Å². The number of nitrogens with zero attached hydrogens (tertiary/aromatic N) is 1. The number of hydrogen-bond acceptors (Lipinski definition) is 2. The third kappa shape index (κ3) is 4.39. The van der Waals surface area contributed by atoms with Crippen LogP contribution in [0.25, 0.3) is 0 Å². The topological polar surface area (TPSA) is 26.3 Å². The van der Waals surface area contributed by atoms with Crippen LogP contribution in [-0.2, 0) is 11.4 Å². The van der Waals surface area contributed by atoms with Crippen molar-refractivity contribution in [3.8, 4) is 0 Å². The highest BCUT2D eigenvalue weighted by atomic mass is 32.2. The van der Waals surface area contributed by atoms with E-state index in [-0.39, 0.29) is 4.75 Å². The predicted octanol–water partition coefficient (Wildman–Crippen LogP) is 3.28. The van der Waals surface area contributed by atoms with Crippen LogP contribution in [-0.4, -0.2) is 34.4 Å². The molecule has 0 aliphatic heterocycles. The monoisotopic (exact) mass is 263 g/mol. The van der Waals surface area contributed by atoms with Gasteiger partial charge in [-0.15, -0.1) is 4.31 Å².